The normalized spacial score (nSPS) is 11.4. The van der Waals surface area contributed by atoms with Gasteiger partial charge in [0.2, 0.25) is 0 Å². The van der Waals surface area contributed by atoms with Crippen molar-refractivity contribution in [1.82, 2.24) is 0 Å². The molecule has 1 aromatic carbocycles. The Morgan fingerprint density at radius 3 is 2.60 bits per heavy atom. The van der Waals surface area contributed by atoms with Crippen LogP contribution in [0.3, 0.4) is 0 Å². The van der Waals surface area contributed by atoms with Crippen molar-refractivity contribution in [3.8, 4) is 11.3 Å². The molecule has 0 atom stereocenters. The largest absolute Gasteiger partial charge is 0.459 e. The number of rotatable bonds is 3. The molecular weight excluding hydrogens is 325 g/mol. The monoisotopic (exact) mass is 333 g/mol. The number of hydrogen-bond acceptors (Lipinski definition) is 3. The number of aliphatic hydroxyl groups is 1. The van der Waals surface area contributed by atoms with E-state index in [1.807, 2.05) is 0 Å². The standard InChI is InChI=1S/C13H10Cl3NO3/c14-13(15,16)12(19)17-9-3-1-2-8(6-9)11-5-4-10(7-18)20-11/h1-6,18H,7H2,(H,17,19). The third-order valence-corrected chi connectivity index (χ3v) is 2.99. The van der Waals surface area contributed by atoms with Gasteiger partial charge in [-0.3, -0.25) is 4.79 Å². The van der Waals surface area contributed by atoms with Crippen LogP contribution in [0.25, 0.3) is 11.3 Å². The van der Waals surface area contributed by atoms with Crippen LogP contribution in [-0.2, 0) is 11.4 Å². The number of carbonyl (C=O) groups excluding carboxylic acids is 1. The van der Waals surface area contributed by atoms with Crippen molar-refractivity contribution in [1.29, 1.82) is 0 Å². The van der Waals surface area contributed by atoms with E-state index in [9.17, 15) is 4.79 Å². The summed E-state index contributed by atoms with van der Waals surface area (Å²) in [6.45, 7) is -0.177. The van der Waals surface area contributed by atoms with Gasteiger partial charge >= 0.3 is 0 Å². The fraction of sp³-hybridized carbons (Fsp3) is 0.154. The number of halogens is 3. The Morgan fingerprint density at radius 2 is 2.00 bits per heavy atom. The van der Waals surface area contributed by atoms with Gasteiger partial charge in [-0.05, 0) is 24.3 Å². The Hall–Kier alpha value is -1.20. The Balaban J connectivity index is 2.22. The van der Waals surface area contributed by atoms with Crippen LogP contribution in [0.4, 0.5) is 5.69 Å². The van der Waals surface area contributed by atoms with Crippen LogP contribution in [0.1, 0.15) is 5.76 Å². The third-order valence-electron chi connectivity index (χ3n) is 2.48. The predicted octanol–water partition coefficient (Wildman–Crippen LogP) is 3.75. The van der Waals surface area contributed by atoms with E-state index in [1.54, 1.807) is 36.4 Å². The fourth-order valence-electron chi connectivity index (χ4n) is 1.57. The molecule has 0 aliphatic heterocycles. The van der Waals surface area contributed by atoms with Crippen molar-refractivity contribution in [2.45, 2.75) is 10.4 Å². The number of hydrogen-bond donors (Lipinski definition) is 2. The first-order valence-electron chi connectivity index (χ1n) is 5.58. The van der Waals surface area contributed by atoms with Crippen molar-refractivity contribution < 1.29 is 14.3 Å². The summed E-state index contributed by atoms with van der Waals surface area (Å²) in [7, 11) is 0. The summed E-state index contributed by atoms with van der Waals surface area (Å²) < 4.78 is 3.38. The minimum Gasteiger partial charge on any atom is -0.459 e. The Kier molecular flexibility index (Phi) is 4.60. The van der Waals surface area contributed by atoms with Crippen molar-refractivity contribution in [2.75, 3.05) is 5.32 Å². The zero-order valence-electron chi connectivity index (χ0n) is 10.1. The molecule has 0 saturated heterocycles. The van der Waals surface area contributed by atoms with Crippen LogP contribution in [0.5, 0.6) is 0 Å². The van der Waals surface area contributed by atoms with Gasteiger partial charge in [0, 0.05) is 11.3 Å². The summed E-state index contributed by atoms with van der Waals surface area (Å²) in [5.41, 5.74) is 1.20. The number of anilines is 1. The van der Waals surface area contributed by atoms with E-state index in [1.165, 1.54) is 0 Å². The number of amides is 1. The van der Waals surface area contributed by atoms with Gasteiger partial charge in [-0.1, -0.05) is 46.9 Å². The van der Waals surface area contributed by atoms with Crippen molar-refractivity contribution in [2.24, 2.45) is 0 Å². The molecule has 0 spiro atoms. The minimum atomic E-state index is -2.02. The van der Waals surface area contributed by atoms with Gasteiger partial charge in [0.15, 0.2) is 0 Å². The van der Waals surface area contributed by atoms with Gasteiger partial charge < -0.3 is 14.8 Å². The predicted molar refractivity (Wildman–Crippen MR) is 79.0 cm³/mol. The van der Waals surface area contributed by atoms with E-state index in [4.69, 9.17) is 44.3 Å². The van der Waals surface area contributed by atoms with E-state index in [0.29, 0.717) is 17.2 Å². The van der Waals surface area contributed by atoms with E-state index >= 15 is 0 Å². The molecule has 0 radical (unpaired) electrons. The highest BCUT2D eigenvalue weighted by molar-refractivity contribution is 6.76. The van der Waals surface area contributed by atoms with Gasteiger partial charge in [-0.15, -0.1) is 0 Å². The molecule has 20 heavy (non-hydrogen) atoms. The second-order valence-corrected chi connectivity index (χ2v) is 6.24. The highest BCUT2D eigenvalue weighted by Crippen LogP contribution is 2.29. The zero-order chi connectivity index (χ0) is 14.8. The number of alkyl halides is 3. The lowest BCUT2D eigenvalue weighted by Crippen LogP contribution is -2.26. The lowest BCUT2D eigenvalue weighted by molar-refractivity contribution is -0.115. The summed E-state index contributed by atoms with van der Waals surface area (Å²) in [6.07, 6.45) is 0. The molecular formula is C13H10Cl3NO3. The van der Waals surface area contributed by atoms with E-state index in [-0.39, 0.29) is 6.61 Å². The van der Waals surface area contributed by atoms with Crippen LogP contribution in [-0.4, -0.2) is 14.8 Å². The number of furan rings is 1. The lowest BCUT2D eigenvalue weighted by atomic mass is 10.1. The smallest absolute Gasteiger partial charge is 0.276 e. The maximum Gasteiger partial charge on any atom is 0.276 e. The highest BCUT2D eigenvalue weighted by atomic mass is 35.6. The van der Waals surface area contributed by atoms with Crippen LogP contribution in [0.2, 0.25) is 0 Å². The van der Waals surface area contributed by atoms with Crippen molar-refractivity contribution in [3.05, 3.63) is 42.2 Å². The van der Waals surface area contributed by atoms with Crippen LogP contribution < -0.4 is 5.32 Å². The van der Waals surface area contributed by atoms with E-state index < -0.39 is 9.70 Å². The molecule has 2 rings (SSSR count). The molecule has 4 nitrogen and oxygen atoms in total. The number of carbonyl (C=O) groups is 1. The number of aliphatic hydroxyl groups excluding tert-OH is 1. The summed E-state index contributed by atoms with van der Waals surface area (Å²) >= 11 is 16.5. The maximum absolute atomic E-state index is 11.6. The van der Waals surface area contributed by atoms with Gasteiger partial charge in [0.25, 0.3) is 9.70 Å². The first-order valence-corrected chi connectivity index (χ1v) is 6.72. The first-order chi connectivity index (χ1) is 9.40. The average Bonchev–Trinajstić information content (AvgIpc) is 2.86. The zero-order valence-corrected chi connectivity index (χ0v) is 12.3. The summed E-state index contributed by atoms with van der Waals surface area (Å²) in [4.78, 5) is 11.6. The molecule has 106 valence electrons. The molecule has 1 amide bonds. The molecule has 0 unspecified atom stereocenters. The SMILES string of the molecule is O=C(Nc1cccc(-c2ccc(CO)o2)c1)C(Cl)(Cl)Cl. The molecule has 1 heterocycles. The lowest BCUT2D eigenvalue weighted by Gasteiger charge is -2.11. The number of nitrogens with one attached hydrogen (secondary N) is 1. The van der Waals surface area contributed by atoms with Crippen LogP contribution in [0, 0.1) is 0 Å². The maximum atomic E-state index is 11.6. The first kappa shape index (κ1) is 15.2. The molecule has 0 bridgehead atoms. The molecule has 1 aromatic heterocycles. The second-order valence-electron chi connectivity index (χ2n) is 3.96. The van der Waals surface area contributed by atoms with E-state index in [2.05, 4.69) is 5.32 Å². The molecule has 2 aromatic rings. The van der Waals surface area contributed by atoms with Gasteiger partial charge in [-0.2, -0.15) is 0 Å². The Morgan fingerprint density at radius 1 is 1.25 bits per heavy atom. The molecule has 0 saturated carbocycles. The van der Waals surface area contributed by atoms with Gasteiger partial charge in [0.1, 0.15) is 18.1 Å². The average molecular weight is 335 g/mol. The van der Waals surface area contributed by atoms with Crippen LogP contribution in [0.15, 0.2) is 40.8 Å². The van der Waals surface area contributed by atoms with E-state index in [0.717, 1.165) is 5.56 Å². The summed E-state index contributed by atoms with van der Waals surface area (Å²) in [5.74, 6) is 0.282. The summed E-state index contributed by atoms with van der Waals surface area (Å²) in [6, 6.07) is 10.3. The quantitative estimate of drug-likeness (QED) is 0.840. The van der Waals surface area contributed by atoms with Crippen molar-refractivity contribution in [3.63, 3.8) is 0 Å². The fourth-order valence-corrected chi connectivity index (χ4v) is 1.71. The molecule has 0 aliphatic rings. The van der Waals surface area contributed by atoms with Crippen LogP contribution >= 0.6 is 34.8 Å². The highest BCUT2D eigenvalue weighted by Gasteiger charge is 2.30. The molecule has 0 fully saturated rings. The second kappa shape index (κ2) is 6.06. The third kappa shape index (κ3) is 3.67. The minimum absolute atomic E-state index is 0.177. The Labute approximate surface area is 130 Å². The molecule has 7 heteroatoms. The topological polar surface area (TPSA) is 62.5 Å². The van der Waals surface area contributed by atoms with Gasteiger partial charge in [0.05, 0.1) is 0 Å². The van der Waals surface area contributed by atoms with Crippen molar-refractivity contribution >= 4 is 46.4 Å². The molecule has 2 N–H and O–H groups in total. The number of benzene rings is 1. The summed E-state index contributed by atoms with van der Waals surface area (Å²) in [5, 5.41) is 11.5. The molecule has 0 aliphatic carbocycles. The van der Waals surface area contributed by atoms with Gasteiger partial charge in [-0.25, -0.2) is 0 Å². The Bertz CT molecular complexity index is 619.